The van der Waals surface area contributed by atoms with Gasteiger partial charge in [-0.05, 0) is 38.5 Å². The molecule has 1 aliphatic rings. The molecule has 1 aromatic carbocycles. The molecule has 0 unspecified atom stereocenters. The van der Waals surface area contributed by atoms with Gasteiger partial charge in [-0.15, -0.1) is 11.8 Å². The van der Waals surface area contributed by atoms with E-state index in [1.165, 1.54) is 18.1 Å². The molecule has 0 fully saturated rings. The van der Waals surface area contributed by atoms with Crippen molar-refractivity contribution < 1.29 is 14.5 Å². The van der Waals surface area contributed by atoms with Gasteiger partial charge in [0.2, 0.25) is 0 Å². The van der Waals surface area contributed by atoms with Crippen molar-refractivity contribution >= 4 is 39.4 Å². The van der Waals surface area contributed by atoms with Gasteiger partial charge in [-0.2, -0.15) is 5.10 Å². The first-order valence-corrected chi connectivity index (χ1v) is 10.7. The largest absolute Gasteiger partial charge is 0.463 e. The molecule has 3 aromatic rings. The van der Waals surface area contributed by atoms with Crippen LogP contribution in [0.2, 0.25) is 0 Å². The van der Waals surface area contributed by atoms with Crippen LogP contribution in [0.3, 0.4) is 0 Å². The minimum absolute atomic E-state index is 0.00174. The zero-order chi connectivity index (χ0) is 22.2. The molecule has 0 spiro atoms. The van der Waals surface area contributed by atoms with Gasteiger partial charge in [-0.3, -0.25) is 19.9 Å². The van der Waals surface area contributed by atoms with E-state index >= 15 is 0 Å². The molecule has 0 amide bonds. The van der Waals surface area contributed by atoms with Gasteiger partial charge in [0.05, 0.1) is 28.6 Å². The normalized spacial score (nSPS) is 16.5. The highest BCUT2D eigenvalue weighted by atomic mass is 32.2. The van der Waals surface area contributed by atoms with E-state index in [0.717, 1.165) is 16.0 Å². The highest BCUT2D eigenvalue weighted by molar-refractivity contribution is 8.14. The molecule has 0 saturated heterocycles. The molecule has 1 aliphatic heterocycles. The Kier molecular flexibility index (Phi) is 5.52. The Morgan fingerprint density at radius 2 is 2.19 bits per heavy atom. The number of benzene rings is 1. The van der Waals surface area contributed by atoms with Crippen molar-refractivity contribution in [2.75, 3.05) is 12.4 Å². The fourth-order valence-electron chi connectivity index (χ4n) is 3.17. The quantitative estimate of drug-likeness (QED) is 0.353. The Morgan fingerprint density at radius 1 is 1.39 bits per heavy atom. The fourth-order valence-corrected chi connectivity index (χ4v) is 4.18. The number of rotatable bonds is 6. The third kappa shape index (κ3) is 4.61. The maximum Gasteiger partial charge on any atom is 0.311 e. The zero-order valence-corrected chi connectivity index (χ0v) is 18.2. The van der Waals surface area contributed by atoms with Crippen molar-refractivity contribution in [3.63, 3.8) is 0 Å². The van der Waals surface area contributed by atoms with Crippen LogP contribution in [0.4, 0.5) is 5.69 Å². The van der Waals surface area contributed by atoms with Crippen LogP contribution in [-0.4, -0.2) is 54.1 Å². The minimum atomic E-state index is -0.557. The topological polar surface area (TPSA) is 128 Å². The number of non-ortho nitro benzene ring substituents is 1. The van der Waals surface area contributed by atoms with Crippen LogP contribution >= 0.6 is 11.8 Å². The van der Waals surface area contributed by atoms with E-state index in [0.29, 0.717) is 23.5 Å². The standard InChI is InChI=1S/C20H22N6O4S/c1-20(2,3)19(27)30-8-14-9-31-18(23-14)15-6-13-4-12(7-25-11-21-10-22-25)5-16(26(28)29)17(13)24-15/h4-6,10-11,14,24H,7-9H2,1-3H3/t14-/m1/s1. The Labute approximate surface area is 182 Å². The zero-order valence-electron chi connectivity index (χ0n) is 17.4. The number of ether oxygens (including phenoxy) is 1. The maximum atomic E-state index is 12.0. The minimum Gasteiger partial charge on any atom is -0.463 e. The monoisotopic (exact) mass is 442 g/mol. The van der Waals surface area contributed by atoms with Crippen molar-refractivity contribution in [2.45, 2.75) is 33.4 Å². The van der Waals surface area contributed by atoms with Crippen molar-refractivity contribution in [3.05, 3.63) is 52.2 Å². The molecule has 0 radical (unpaired) electrons. The number of thioether (sulfide) groups is 1. The number of aromatic amines is 1. The lowest BCUT2D eigenvalue weighted by atomic mass is 9.97. The molecule has 0 bridgehead atoms. The first kappa shape index (κ1) is 21.0. The van der Waals surface area contributed by atoms with Crippen molar-refractivity contribution in [1.82, 2.24) is 19.7 Å². The number of hydrogen-bond acceptors (Lipinski definition) is 8. The molecule has 1 N–H and O–H groups in total. The van der Waals surface area contributed by atoms with Crippen LogP contribution in [0, 0.1) is 15.5 Å². The lowest BCUT2D eigenvalue weighted by Gasteiger charge is -2.17. The molecule has 162 valence electrons. The van der Waals surface area contributed by atoms with E-state index < -0.39 is 10.3 Å². The molecule has 2 aromatic heterocycles. The summed E-state index contributed by atoms with van der Waals surface area (Å²) in [7, 11) is 0. The Balaban J connectivity index is 1.58. The van der Waals surface area contributed by atoms with E-state index in [1.807, 2.05) is 32.9 Å². The second kappa shape index (κ2) is 8.14. The van der Waals surface area contributed by atoms with Crippen molar-refractivity contribution in [1.29, 1.82) is 0 Å². The number of nitro groups is 1. The number of aromatic nitrogens is 4. The van der Waals surface area contributed by atoms with Crippen LogP contribution in [0.5, 0.6) is 0 Å². The van der Waals surface area contributed by atoms with Gasteiger partial charge in [0.25, 0.3) is 5.69 Å². The van der Waals surface area contributed by atoms with E-state index in [1.54, 1.807) is 17.1 Å². The van der Waals surface area contributed by atoms with Gasteiger partial charge < -0.3 is 9.72 Å². The molecule has 0 saturated carbocycles. The molecule has 31 heavy (non-hydrogen) atoms. The summed E-state index contributed by atoms with van der Waals surface area (Å²) in [5.74, 6) is 0.421. The molecule has 11 heteroatoms. The Hall–Kier alpha value is -3.21. The maximum absolute atomic E-state index is 12.0. The summed E-state index contributed by atoms with van der Waals surface area (Å²) in [6, 6.07) is 5.16. The number of nitrogens with zero attached hydrogens (tertiary/aromatic N) is 5. The van der Waals surface area contributed by atoms with Gasteiger partial charge in [-0.1, -0.05) is 0 Å². The lowest BCUT2D eigenvalue weighted by molar-refractivity contribution is -0.383. The summed E-state index contributed by atoms with van der Waals surface area (Å²) in [4.78, 5) is 34.9. The summed E-state index contributed by atoms with van der Waals surface area (Å²) < 4.78 is 6.99. The number of nitro benzene ring substituents is 1. The number of hydrogen-bond donors (Lipinski definition) is 1. The van der Waals surface area contributed by atoms with Crippen molar-refractivity contribution in [3.8, 4) is 0 Å². The number of carbonyl (C=O) groups is 1. The number of H-pyrrole nitrogens is 1. The molecule has 3 heterocycles. The number of aliphatic imine (C=N–C) groups is 1. The second-order valence-electron chi connectivity index (χ2n) is 8.36. The molecule has 1 atom stereocenters. The first-order chi connectivity index (χ1) is 14.7. The van der Waals surface area contributed by atoms with Gasteiger partial charge in [0.15, 0.2) is 0 Å². The third-order valence-corrected chi connectivity index (χ3v) is 5.89. The summed E-state index contributed by atoms with van der Waals surface area (Å²) in [5, 5.41) is 17.2. The summed E-state index contributed by atoms with van der Waals surface area (Å²) in [5.41, 5.74) is 1.36. The fraction of sp³-hybridized carbons (Fsp3) is 0.400. The summed E-state index contributed by atoms with van der Waals surface area (Å²) >= 11 is 1.54. The first-order valence-electron chi connectivity index (χ1n) is 9.71. The SMILES string of the molecule is CC(C)(C)C(=O)OC[C@@H]1CSC(c2cc3cc(Cn4cncn4)cc([N+](=O)[O-])c3[nH]2)=N1. The molecular weight excluding hydrogens is 420 g/mol. The smallest absolute Gasteiger partial charge is 0.311 e. The van der Waals surface area contributed by atoms with Crippen LogP contribution in [0.15, 0.2) is 35.8 Å². The number of carbonyl (C=O) groups excluding carboxylic acids is 1. The molecule has 10 nitrogen and oxygen atoms in total. The molecular formula is C20H22N6O4S. The number of nitrogens with one attached hydrogen (secondary N) is 1. The number of esters is 1. The average Bonchev–Trinajstić information content (AvgIpc) is 3.44. The third-order valence-electron chi connectivity index (χ3n) is 4.74. The van der Waals surface area contributed by atoms with E-state index in [4.69, 9.17) is 4.74 Å². The highest BCUT2D eigenvalue weighted by Crippen LogP contribution is 2.31. The summed E-state index contributed by atoms with van der Waals surface area (Å²) in [6.07, 6.45) is 2.99. The van der Waals surface area contributed by atoms with Crippen molar-refractivity contribution in [2.24, 2.45) is 10.4 Å². The predicted molar refractivity (Wildman–Crippen MR) is 117 cm³/mol. The van der Waals surface area contributed by atoms with E-state index in [9.17, 15) is 14.9 Å². The van der Waals surface area contributed by atoms with Gasteiger partial charge >= 0.3 is 5.97 Å². The van der Waals surface area contributed by atoms with Gasteiger partial charge in [0.1, 0.15) is 29.8 Å². The van der Waals surface area contributed by atoms with E-state index in [-0.39, 0.29) is 24.3 Å². The molecule has 4 rings (SSSR count). The van der Waals surface area contributed by atoms with Crippen LogP contribution < -0.4 is 0 Å². The molecule has 0 aliphatic carbocycles. The van der Waals surface area contributed by atoms with Gasteiger partial charge in [-0.25, -0.2) is 9.67 Å². The Morgan fingerprint density at radius 3 is 2.87 bits per heavy atom. The second-order valence-corrected chi connectivity index (χ2v) is 9.37. The van der Waals surface area contributed by atoms with Crippen LogP contribution in [-0.2, 0) is 16.1 Å². The average molecular weight is 443 g/mol. The lowest BCUT2D eigenvalue weighted by Crippen LogP contribution is -2.26. The van der Waals surface area contributed by atoms with Crippen LogP contribution in [0.25, 0.3) is 10.9 Å². The highest BCUT2D eigenvalue weighted by Gasteiger charge is 2.27. The van der Waals surface area contributed by atoms with E-state index in [2.05, 4.69) is 20.1 Å². The number of fused-ring (bicyclic) bond motifs is 1. The predicted octanol–water partition coefficient (Wildman–Crippen LogP) is 3.17. The van der Waals surface area contributed by atoms with Gasteiger partial charge in [0, 0.05) is 17.2 Å². The van der Waals surface area contributed by atoms with Crippen LogP contribution in [0.1, 0.15) is 32.0 Å². The summed E-state index contributed by atoms with van der Waals surface area (Å²) in [6.45, 7) is 6.02. The Bertz CT molecular complexity index is 1160.